The van der Waals surface area contributed by atoms with E-state index in [1.165, 1.54) is 6.07 Å². The van der Waals surface area contributed by atoms with Crippen molar-refractivity contribution in [1.82, 2.24) is 0 Å². The standard InChI is InChI=1S/C13H18N2O4/c16-15(17)12-5-1-2-6-13(12)19-9-7-14-10-11-4-3-8-18-11/h1-2,5-6,11,14H,3-4,7-10H2/p+1/t11-/m1/s1. The number of para-hydroxylation sites is 2. The maximum absolute atomic E-state index is 10.8. The Hall–Kier alpha value is -1.66. The molecule has 0 spiro atoms. The Morgan fingerprint density at radius 3 is 3.05 bits per heavy atom. The number of nitro benzene ring substituents is 1. The summed E-state index contributed by atoms with van der Waals surface area (Å²) in [7, 11) is 0. The molecule has 0 saturated carbocycles. The highest BCUT2D eigenvalue weighted by molar-refractivity contribution is 5.45. The molecule has 0 radical (unpaired) electrons. The van der Waals surface area contributed by atoms with Crippen LogP contribution in [0.1, 0.15) is 12.8 Å². The third-order valence-corrected chi connectivity index (χ3v) is 3.10. The second kappa shape index (κ2) is 7.06. The Labute approximate surface area is 111 Å². The van der Waals surface area contributed by atoms with E-state index in [0.717, 1.165) is 32.5 Å². The molecule has 104 valence electrons. The summed E-state index contributed by atoms with van der Waals surface area (Å²) in [6, 6.07) is 6.44. The highest BCUT2D eigenvalue weighted by Crippen LogP contribution is 2.25. The van der Waals surface area contributed by atoms with Crippen molar-refractivity contribution in [3.63, 3.8) is 0 Å². The highest BCUT2D eigenvalue weighted by atomic mass is 16.6. The molecule has 1 saturated heterocycles. The van der Waals surface area contributed by atoms with Crippen LogP contribution in [0.15, 0.2) is 24.3 Å². The maximum atomic E-state index is 10.8. The van der Waals surface area contributed by atoms with Gasteiger partial charge in [0.05, 0.1) is 4.92 Å². The molecular formula is C13H19N2O4+. The third-order valence-electron chi connectivity index (χ3n) is 3.10. The summed E-state index contributed by atoms with van der Waals surface area (Å²) in [5.74, 6) is 0.331. The van der Waals surface area contributed by atoms with Gasteiger partial charge in [-0.25, -0.2) is 0 Å². The van der Waals surface area contributed by atoms with Crippen LogP contribution in [0.25, 0.3) is 0 Å². The fourth-order valence-electron chi connectivity index (χ4n) is 2.12. The first-order valence-electron chi connectivity index (χ1n) is 6.57. The van der Waals surface area contributed by atoms with Crippen molar-refractivity contribution in [1.29, 1.82) is 0 Å². The molecule has 1 atom stereocenters. The minimum Gasteiger partial charge on any atom is -0.481 e. The number of nitro groups is 1. The molecule has 1 aliphatic heterocycles. The van der Waals surface area contributed by atoms with E-state index >= 15 is 0 Å². The summed E-state index contributed by atoms with van der Waals surface area (Å²) in [4.78, 5) is 10.4. The van der Waals surface area contributed by atoms with E-state index in [0.29, 0.717) is 18.5 Å². The van der Waals surface area contributed by atoms with Crippen LogP contribution in [-0.2, 0) is 4.74 Å². The predicted molar refractivity (Wildman–Crippen MR) is 69.2 cm³/mol. The average Bonchev–Trinajstić information content (AvgIpc) is 2.92. The van der Waals surface area contributed by atoms with E-state index in [2.05, 4.69) is 5.32 Å². The van der Waals surface area contributed by atoms with Gasteiger partial charge in [-0.05, 0) is 18.9 Å². The van der Waals surface area contributed by atoms with Crippen LogP contribution in [-0.4, -0.2) is 37.3 Å². The number of ether oxygens (including phenoxy) is 2. The second-order valence-electron chi connectivity index (χ2n) is 4.52. The molecule has 1 aliphatic rings. The van der Waals surface area contributed by atoms with Crippen LogP contribution >= 0.6 is 0 Å². The van der Waals surface area contributed by atoms with Gasteiger partial charge in [0, 0.05) is 12.7 Å². The van der Waals surface area contributed by atoms with Gasteiger partial charge in [0.1, 0.15) is 25.8 Å². The summed E-state index contributed by atoms with van der Waals surface area (Å²) >= 11 is 0. The van der Waals surface area contributed by atoms with Gasteiger partial charge in [-0.15, -0.1) is 0 Å². The number of nitrogens with two attached hydrogens (primary N) is 1. The van der Waals surface area contributed by atoms with Gasteiger partial charge in [-0.2, -0.15) is 0 Å². The Morgan fingerprint density at radius 2 is 2.32 bits per heavy atom. The summed E-state index contributed by atoms with van der Waals surface area (Å²) < 4.78 is 11.0. The average molecular weight is 267 g/mol. The molecule has 2 N–H and O–H groups in total. The second-order valence-corrected chi connectivity index (χ2v) is 4.52. The lowest BCUT2D eigenvalue weighted by Crippen LogP contribution is -2.87. The van der Waals surface area contributed by atoms with E-state index in [1.54, 1.807) is 18.2 Å². The molecule has 1 aromatic carbocycles. The fourth-order valence-corrected chi connectivity index (χ4v) is 2.12. The molecule has 0 bridgehead atoms. The van der Waals surface area contributed by atoms with Crippen LogP contribution in [0.5, 0.6) is 5.75 Å². The van der Waals surface area contributed by atoms with Gasteiger partial charge >= 0.3 is 5.69 Å². The normalized spacial score (nSPS) is 18.4. The number of hydrogen-bond acceptors (Lipinski definition) is 4. The summed E-state index contributed by atoms with van der Waals surface area (Å²) in [6.45, 7) is 3.02. The molecule has 6 heteroatoms. The zero-order valence-corrected chi connectivity index (χ0v) is 10.8. The molecule has 0 amide bonds. The summed E-state index contributed by atoms with van der Waals surface area (Å²) in [6.07, 6.45) is 2.62. The van der Waals surface area contributed by atoms with Crippen LogP contribution in [0.4, 0.5) is 5.69 Å². The van der Waals surface area contributed by atoms with Crippen LogP contribution in [0, 0.1) is 10.1 Å². The van der Waals surface area contributed by atoms with Gasteiger partial charge in [0.2, 0.25) is 0 Å². The number of rotatable bonds is 7. The molecule has 1 heterocycles. The van der Waals surface area contributed by atoms with Crippen LogP contribution < -0.4 is 10.1 Å². The monoisotopic (exact) mass is 267 g/mol. The Morgan fingerprint density at radius 1 is 1.47 bits per heavy atom. The summed E-state index contributed by atoms with van der Waals surface area (Å²) in [5, 5.41) is 12.9. The number of hydrogen-bond donors (Lipinski definition) is 1. The minimum atomic E-state index is -0.425. The van der Waals surface area contributed by atoms with E-state index in [9.17, 15) is 10.1 Å². The Kier molecular flexibility index (Phi) is 5.11. The molecule has 0 aromatic heterocycles. The topological polar surface area (TPSA) is 78.2 Å². The molecule has 1 fully saturated rings. The number of nitrogens with zero attached hydrogens (tertiary/aromatic N) is 1. The van der Waals surface area contributed by atoms with Gasteiger partial charge < -0.3 is 14.8 Å². The largest absolute Gasteiger partial charge is 0.481 e. The quantitative estimate of drug-likeness (QED) is 0.448. The van der Waals surface area contributed by atoms with Crippen molar-refractivity contribution in [2.75, 3.05) is 26.3 Å². The first kappa shape index (κ1) is 13.8. The maximum Gasteiger partial charge on any atom is 0.310 e. The van der Waals surface area contributed by atoms with Crippen molar-refractivity contribution in [2.45, 2.75) is 18.9 Å². The van der Waals surface area contributed by atoms with Gasteiger partial charge in [0.25, 0.3) is 0 Å². The molecular weight excluding hydrogens is 248 g/mol. The first-order chi connectivity index (χ1) is 9.27. The smallest absolute Gasteiger partial charge is 0.310 e. The molecule has 1 aromatic rings. The lowest BCUT2D eigenvalue weighted by molar-refractivity contribution is -0.661. The lowest BCUT2D eigenvalue weighted by atomic mass is 10.2. The van der Waals surface area contributed by atoms with Crippen molar-refractivity contribution >= 4 is 5.69 Å². The molecule has 6 nitrogen and oxygen atoms in total. The van der Waals surface area contributed by atoms with Crippen molar-refractivity contribution in [2.24, 2.45) is 0 Å². The molecule has 0 unspecified atom stereocenters. The van der Waals surface area contributed by atoms with E-state index in [1.807, 2.05) is 0 Å². The minimum absolute atomic E-state index is 0.0154. The first-order valence-corrected chi connectivity index (χ1v) is 6.57. The predicted octanol–water partition coefficient (Wildman–Crippen LogP) is 0.716. The Balaban J connectivity index is 1.69. The Bertz CT molecular complexity index is 419. The van der Waals surface area contributed by atoms with Gasteiger partial charge in [0.15, 0.2) is 5.75 Å². The number of benzene rings is 1. The highest BCUT2D eigenvalue weighted by Gasteiger charge is 2.17. The third kappa shape index (κ3) is 4.18. The van der Waals surface area contributed by atoms with E-state index in [-0.39, 0.29) is 5.69 Å². The molecule has 2 rings (SSSR count). The number of quaternary nitrogens is 1. The van der Waals surface area contributed by atoms with Gasteiger partial charge in [-0.1, -0.05) is 12.1 Å². The van der Waals surface area contributed by atoms with Crippen molar-refractivity contribution in [3.8, 4) is 5.75 Å². The summed E-state index contributed by atoms with van der Waals surface area (Å²) in [5.41, 5.74) is 0.0154. The fraction of sp³-hybridized carbons (Fsp3) is 0.538. The lowest BCUT2D eigenvalue weighted by Gasteiger charge is -2.09. The SMILES string of the molecule is O=[N+]([O-])c1ccccc1OCC[NH2+]C[C@H]1CCCO1. The molecule has 0 aliphatic carbocycles. The molecule has 19 heavy (non-hydrogen) atoms. The van der Waals surface area contributed by atoms with Crippen LogP contribution in [0.2, 0.25) is 0 Å². The van der Waals surface area contributed by atoms with E-state index in [4.69, 9.17) is 9.47 Å². The van der Waals surface area contributed by atoms with Crippen molar-refractivity contribution < 1.29 is 19.7 Å². The van der Waals surface area contributed by atoms with E-state index < -0.39 is 4.92 Å². The van der Waals surface area contributed by atoms with Crippen molar-refractivity contribution in [3.05, 3.63) is 34.4 Å². The zero-order chi connectivity index (χ0) is 13.5. The zero-order valence-electron chi connectivity index (χ0n) is 10.8. The van der Waals surface area contributed by atoms with Gasteiger partial charge in [-0.3, -0.25) is 10.1 Å². The van der Waals surface area contributed by atoms with Crippen LogP contribution in [0.3, 0.4) is 0 Å².